The highest BCUT2D eigenvalue weighted by atomic mass is 16.2. The Balaban J connectivity index is 2.17. The van der Waals surface area contributed by atoms with Crippen molar-refractivity contribution in [3.05, 3.63) is 47.2 Å². The summed E-state index contributed by atoms with van der Waals surface area (Å²) in [5.41, 5.74) is 7.46. The number of amides is 1. The largest absolute Gasteiger partial charge is 0.401 e. The zero-order valence-corrected chi connectivity index (χ0v) is 9.39. The predicted octanol–water partition coefficient (Wildman–Crippen LogP) is 1.27. The molecule has 4 heteroatoms. The maximum absolute atomic E-state index is 12.1. The van der Waals surface area contributed by atoms with Crippen molar-refractivity contribution in [2.45, 2.75) is 6.42 Å². The molecular weight excluding hydrogens is 214 g/mol. The van der Waals surface area contributed by atoms with Crippen molar-refractivity contribution in [2.24, 2.45) is 5.73 Å². The van der Waals surface area contributed by atoms with Crippen molar-refractivity contribution in [3.8, 4) is 6.07 Å². The van der Waals surface area contributed by atoms with Gasteiger partial charge in [0, 0.05) is 24.2 Å². The summed E-state index contributed by atoms with van der Waals surface area (Å²) in [6.45, 7) is 0.890. The van der Waals surface area contributed by atoms with Crippen molar-refractivity contribution in [2.75, 3.05) is 13.1 Å². The van der Waals surface area contributed by atoms with Gasteiger partial charge in [0.05, 0.1) is 18.2 Å². The lowest BCUT2D eigenvalue weighted by Gasteiger charge is -2.27. The predicted molar refractivity (Wildman–Crippen MR) is 63.8 cm³/mol. The van der Waals surface area contributed by atoms with Gasteiger partial charge in [0.15, 0.2) is 0 Å². The number of rotatable bonds is 1. The molecule has 0 atom stereocenters. The van der Waals surface area contributed by atoms with Crippen LogP contribution in [0.1, 0.15) is 16.8 Å². The number of nitrogens with two attached hydrogens (primary N) is 1. The van der Waals surface area contributed by atoms with E-state index in [1.54, 1.807) is 17.0 Å². The summed E-state index contributed by atoms with van der Waals surface area (Å²) >= 11 is 0. The second-order valence-corrected chi connectivity index (χ2v) is 3.96. The van der Waals surface area contributed by atoms with Crippen LogP contribution in [0.5, 0.6) is 0 Å². The van der Waals surface area contributed by atoms with E-state index in [-0.39, 0.29) is 5.91 Å². The van der Waals surface area contributed by atoms with Crippen molar-refractivity contribution < 1.29 is 4.79 Å². The van der Waals surface area contributed by atoms with Crippen molar-refractivity contribution in [1.29, 1.82) is 5.26 Å². The summed E-state index contributed by atoms with van der Waals surface area (Å²) < 4.78 is 0. The zero-order chi connectivity index (χ0) is 12.3. The number of nitrogens with zero attached hydrogens (tertiary/aromatic N) is 2. The van der Waals surface area contributed by atoms with E-state index in [2.05, 4.69) is 6.07 Å². The van der Waals surface area contributed by atoms with Gasteiger partial charge in [-0.3, -0.25) is 4.79 Å². The molecule has 2 rings (SSSR count). The van der Waals surface area contributed by atoms with Crippen LogP contribution in [0.25, 0.3) is 0 Å². The van der Waals surface area contributed by atoms with E-state index in [1.807, 2.05) is 18.2 Å². The molecule has 0 bridgehead atoms. The maximum atomic E-state index is 12.1. The Bertz CT molecular complexity index is 499. The van der Waals surface area contributed by atoms with Crippen LogP contribution in [0, 0.1) is 11.3 Å². The quantitative estimate of drug-likeness (QED) is 0.785. The minimum atomic E-state index is -0.0501. The lowest BCUT2D eigenvalue weighted by Crippen LogP contribution is -2.38. The van der Waals surface area contributed by atoms with E-state index >= 15 is 0 Å². The molecule has 0 unspecified atom stereocenters. The summed E-state index contributed by atoms with van der Waals surface area (Å²) in [5, 5.41) is 8.91. The van der Waals surface area contributed by atoms with Crippen molar-refractivity contribution in [1.82, 2.24) is 4.90 Å². The molecule has 1 aromatic carbocycles. The molecule has 0 saturated carbocycles. The van der Waals surface area contributed by atoms with Crippen LogP contribution in [0.3, 0.4) is 0 Å². The SMILES string of the molecule is N#CC1=C(N)CCN(C(=O)c2ccccc2)C1. The molecule has 0 spiro atoms. The first-order valence-corrected chi connectivity index (χ1v) is 5.44. The molecule has 1 aromatic rings. The molecule has 4 nitrogen and oxygen atoms in total. The fraction of sp³-hybridized carbons (Fsp3) is 0.231. The van der Waals surface area contributed by atoms with Crippen LogP contribution in [0.15, 0.2) is 41.6 Å². The first-order valence-electron chi connectivity index (χ1n) is 5.44. The van der Waals surface area contributed by atoms with E-state index in [9.17, 15) is 4.79 Å². The molecule has 0 aliphatic carbocycles. The van der Waals surface area contributed by atoms with Gasteiger partial charge < -0.3 is 10.6 Å². The molecule has 1 aliphatic heterocycles. The number of hydrogen-bond donors (Lipinski definition) is 1. The summed E-state index contributed by atoms with van der Waals surface area (Å²) in [6, 6.07) is 11.1. The second kappa shape index (κ2) is 4.71. The Kier molecular flexibility index (Phi) is 3.10. The summed E-state index contributed by atoms with van der Waals surface area (Å²) in [6.07, 6.45) is 0.571. The monoisotopic (exact) mass is 227 g/mol. The van der Waals surface area contributed by atoms with Crippen LogP contribution in [-0.4, -0.2) is 23.9 Å². The smallest absolute Gasteiger partial charge is 0.254 e. The molecule has 1 aliphatic rings. The lowest BCUT2D eigenvalue weighted by molar-refractivity contribution is 0.0765. The van der Waals surface area contributed by atoms with Gasteiger partial charge in [-0.1, -0.05) is 18.2 Å². The normalized spacial score (nSPS) is 15.6. The van der Waals surface area contributed by atoms with Crippen LogP contribution >= 0.6 is 0 Å². The Labute approximate surface area is 99.9 Å². The minimum absolute atomic E-state index is 0.0501. The van der Waals surface area contributed by atoms with Gasteiger partial charge >= 0.3 is 0 Å². The number of hydrogen-bond acceptors (Lipinski definition) is 3. The highest BCUT2D eigenvalue weighted by Gasteiger charge is 2.22. The molecule has 0 fully saturated rings. The van der Waals surface area contributed by atoms with E-state index in [0.717, 1.165) is 0 Å². The third-order valence-corrected chi connectivity index (χ3v) is 2.83. The van der Waals surface area contributed by atoms with Gasteiger partial charge in [-0.2, -0.15) is 5.26 Å². The van der Waals surface area contributed by atoms with Gasteiger partial charge in [-0.25, -0.2) is 0 Å². The maximum Gasteiger partial charge on any atom is 0.254 e. The highest BCUT2D eigenvalue weighted by Crippen LogP contribution is 2.15. The first kappa shape index (κ1) is 11.2. The van der Waals surface area contributed by atoms with Crippen molar-refractivity contribution >= 4 is 5.91 Å². The molecule has 1 amide bonds. The van der Waals surface area contributed by atoms with Crippen molar-refractivity contribution in [3.63, 3.8) is 0 Å². The molecule has 1 heterocycles. The van der Waals surface area contributed by atoms with Gasteiger partial charge in [-0.05, 0) is 12.1 Å². The van der Waals surface area contributed by atoms with E-state index < -0.39 is 0 Å². The Morgan fingerprint density at radius 2 is 2.06 bits per heavy atom. The van der Waals surface area contributed by atoms with E-state index in [1.165, 1.54) is 0 Å². The highest BCUT2D eigenvalue weighted by molar-refractivity contribution is 5.94. The number of carbonyl (C=O) groups is 1. The van der Waals surface area contributed by atoms with Crippen LogP contribution in [0.4, 0.5) is 0 Å². The summed E-state index contributed by atoms with van der Waals surface area (Å²) in [5.74, 6) is -0.0501. The average Bonchev–Trinajstić information content (AvgIpc) is 2.39. The molecular formula is C13H13N3O. The summed E-state index contributed by atoms with van der Waals surface area (Å²) in [4.78, 5) is 13.8. The Morgan fingerprint density at radius 1 is 1.35 bits per heavy atom. The van der Waals surface area contributed by atoms with Crippen LogP contribution in [0.2, 0.25) is 0 Å². The third kappa shape index (κ3) is 2.28. The Morgan fingerprint density at radius 3 is 2.71 bits per heavy atom. The molecule has 86 valence electrons. The second-order valence-electron chi connectivity index (χ2n) is 3.96. The number of benzene rings is 1. The van der Waals surface area contributed by atoms with E-state index in [0.29, 0.717) is 36.3 Å². The van der Waals surface area contributed by atoms with Crippen LogP contribution < -0.4 is 5.73 Å². The van der Waals surface area contributed by atoms with Gasteiger partial charge in [0.25, 0.3) is 5.91 Å². The lowest BCUT2D eigenvalue weighted by atomic mass is 10.1. The zero-order valence-electron chi connectivity index (χ0n) is 9.39. The first-order chi connectivity index (χ1) is 8.22. The summed E-state index contributed by atoms with van der Waals surface area (Å²) in [7, 11) is 0. The number of carbonyl (C=O) groups excluding carboxylic acids is 1. The van der Waals surface area contributed by atoms with Gasteiger partial charge in [0.2, 0.25) is 0 Å². The molecule has 0 aromatic heterocycles. The fourth-order valence-electron chi connectivity index (χ4n) is 1.82. The van der Waals surface area contributed by atoms with Gasteiger partial charge in [0.1, 0.15) is 0 Å². The molecule has 0 saturated heterocycles. The number of nitriles is 1. The van der Waals surface area contributed by atoms with E-state index in [4.69, 9.17) is 11.0 Å². The fourth-order valence-corrected chi connectivity index (χ4v) is 1.82. The molecule has 17 heavy (non-hydrogen) atoms. The Hall–Kier alpha value is -2.28. The average molecular weight is 227 g/mol. The third-order valence-electron chi connectivity index (χ3n) is 2.83. The van der Waals surface area contributed by atoms with Gasteiger partial charge in [-0.15, -0.1) is 0 Å². The molecule has 0 radical (unpaired) electrons. The standard InChI is InChI=1S/C13H13N3O/c14-8-11-9-16(7-6-12(11)15)13(17)10-4-2-1-3-5-10/h1-5H,6-7,9,15H2. The molecule has 2 N–H and O–H groups in total. The topological polar surface area (TPSA) is 70.1 Å². The van der Waals surface area contributed by atoms with Crippen LogP contribution in [-0.2, 0) is 0 Å². The minimum Gasteiger partial charge on any atom is -0.401 e.